The number of rotatable bonds is 7. The number of aryl methyl sites for hydroxylation is 1. The van der Waals surface area contributed by atoms with Crippen molar-refractivity contribution in [1.29, 1.82) is 0 Å². The fraction of sp³-hybridized carbons (Fsp3) is 0.533. The number of aliphatic imine (C=N–C) groups is 1. The van der Waals surface area contributed by atoms with Crippen LogP contribution in [0.1, 0.15) is 25.8 Å². The molecular weight excluding hydrogens is 238 g/mol. The largest absolute Gasteiger partial charge is 0.493 e. The minimum atomic E-state index is 0.626. The minimum Gasteiger partial charge on any atom is -0.493 e. The molecule has 0 aliphatic heterocycles. The van der Waals surface area contributed by atoms with Crippen LogP contribution in [-0.4, -0.2) is 37.1 Å². The summed E-state index contributed by atoms with van der Waals surface area (Å²) in [6.45, 7) is 9.36. The first-order valence-electron chi connectivity index (χ1n) is 6.92. The molecule has 4 nitrogen and oxygen atoms in total. The average Bonchev–Trinajstić information content (AvgIpc) is 2.42. The Morgan fingerprint density at radius 3 is 2.58 bits per heavy atom. The van der Waals surface area contributed by atoms with Gasteiger partial charge in [0, 0.05) is 26.1 Å². The van der Waals surface area contributed by atoms with Gasteiger partial charge in [0.15, 0.2) is 5.96 Å². The molecule has 0 atom stereocenters. The van der Waals surface area contributed by atoms with E-state index in [1.807, 2.05) is 36.1 Å². The third-order valence-electron chi connectivity index (χ3n) is 3.01. The van der Waals surface area contributed by atoms with Crippen LogP contribution >= 0.6 is 0 Å². The zero-order chi connectivity index (χ0) is 14.1. The molecule has 1 aromatic rings. The Kier molecular flexibility index (Phi) is 6.79. The summed E-state index contributed by atoms with van der Waals surface area (Å²) in [7, 11) is 0. The van der Waals surface area contributed by atoms with Crippen LogP contribution in [-0.2, 0) is 0 Å². The quantitative estimate of drug-likeness (QED) is 0.467. The number of nitrogens with zero attached hydrogens (tertiary/aromatic N) is 2. The van der Waals surface area contributed by atoms with E-state index >= 15 is 0 Å². The number of nitrogens with two attached hydrogens (primary N) is 1. The molecule has 4 heteroatoms. The SMILES string of the molecule is CCN(CC)C(N)=NCCCOc1ccccc1C. The highest BCUT2D eigenvalue weighted by Gasteiger charge is 2.01. The van der Waals surface area contributed by atoms with Crippen molar-refractivity contribution in [3.63, 3.8) is 0 Å². The molecule has 0 aliphatic carbocycles. The second-order valence-corrected chi connectivity index (χ2v) is 4.38. The number of para-hydroxylation sites is 1. The monoisotopic (exact) mass is 263 g/mol. The van der Waals surface area contributed by atoms with Gasteiger partial charge in [-0.05, 0) is 32.4 Å². The maximum atomic E-state index is 5.89. The van der Waals surface area contributed by atoms with Crippen molar-refractivity contribution in [2.45, 2.75) is 27.2 Å². The Bertz CT molecular complexity index is 400. The summed E-state index contributed by atoms with van der Waals surface area (Å²) < 4.78 is 5.71. The number of hydrogen-bond donors (Lipinski definition) is 1. The molecule has 0 aromatic heterocycles. The van der Waals surface area contributed by atoms with E-state index in [4.69, 9.17) is 10.5 Å². The first-order chi connectivity index (χ1) is 9.19. The molecule has 1 aromatic carbocycles. The Morgan fingerprint density at radius 1 is 1.26 bits per heavy atom. The lowest BCUT2D eigenvalue weighted by Crippen LogP contribution is -2.37. The van der Waals surface area contributed by atoms with Gasteiger partial charge in [-0.2, -0.15) is 0 Å². The molecule has 2 N–H and O–H groups in total. The Labute approximate surface area is 116 Å². The highest BCUT2D eigenvalue weighted by molar-refractivity contribution is 5.77. The van der Waals surface area contributed by atoms with E-state index in [-0.39, 0.29) is 0 Å². The molecule has 106 valence electrons. The zero-order valence-corrected chi connectivity index (χ0v) is 12.2. The molecule has 0 unspecified atom stereocenters. The maximum absolute atomic E-state index is 5.89. The fourth-order valence-corrected chi connectivity index (χ4v) is 1.81. The number of hydrogen-bond acceptors (Lipinski definition) is 2. The predicted octanol–water partition coefficient (Wildman–Crippen LogP) is 2.42. The summed E-state index contributed by atoms with van der Waals surface area (Å²) in [6.07, 6.45) is 0.871. The lowest BCUT2D eigenvalue weighted by molar-refractivity contribution is 0.311. The van der Waals surface area contributed by atoms with E-state index in [0.717, 1.165) is 30.8 Å². The van der Waals surface area contributed by atoms with E-state index in [0.29, 0.717) is 19.1 Å². The third-order valence-corrected chi connectivity index (χ3v) is 3.01. The van der Waals surface area contributed by atoms with Gasteiger partial charge in [-0.1, -0.05) is 18.2 Å². The Morgan fingerprint density at radius 2 is 1.95 bits per heavy atom. The summed E-state index contributed by atoms with van der Waals surface area (Å²) in [6, 6.07) is 8.03. The van der Waals surface area contributed by atoms with Crippen LogP contribution in [0.2, 0.25) is 0 Å². The van der Waals surface area contributed by atoms with E-state index in [2.05, 4.69) is 18.8 Å². The summed E-state index contributed by atoms with van der Waals surface area (Å²) in [5.74, 6) is 1.57. The highest BCUT2D eigenvalue weighted by atomic mass is 16.5. The van der Waals surface area contributed by atoms with Gasteiger partial charge < -0.3 is 15.4 Å². The molecule has 0 amide bonds. The van der Waals surface area contributed by atoms with Crippen LogP contribution in [0.4, 0.5) is 0 Å². The summed E-state index contributed by atoms with van der Waals surface area (Å²) in [4.78, 5) is 6.40. The van der Waals surface area contributed by atoms with Crippen molar-refractivity contribution < 1.29 is 4.74 Å². The van der Waals surface area contributed by atoms with Crippen LogP contribution in [0.3, 0.4) is 0 Å². The first-order valence-corrected chi connectivity index (χ1v) is 6.92. The van der Waals surface area contributed by atoms with Gasteiger partial charge >= 0.3 is 0 Å². The standard InChI is InChI=1S/C15H25N3O/c1-4-18(5-2)15(16)17-11-8-12-19-14-10-7-6-9-13(14)3/h6-7,9-10H,4-5,8,11-12H2,1-3H3,(H2,16,17). The number of ether oxygens (including phenoxy) is 1. The van der Waals surface area contributed by atoms with Crippen molar-refractivity contribution in [3.05, 3.63) is 29.8 Å². The molecule has 0 heterocycles. The van der Waals surface area contributed by atoms with Gasteiger partial charge in [0.25, 0.3) is 0 Å². The second kappa shape index (κ2) is 8.40. The molecule has 0 saturated heterocycles. The number of guanidine groups is 1. The van der Waals surface area contributed by atoms with Crippen LogP contribution < -0.4 is 10.5 Å². The van der Waals surface area contributed by atoms with Gasteiger partial charge in [0.1, 0.15) is 5.75 Å². The summed E-state index contributed by atoms with van der Waals surface area (Å²) in [5, 5.41) is 0. The van der Waals surface area contributed by atoms with E-state index in [1.54, 1.807) is 0 Å². The van der Waals surface area contributed by atoms with E-state index in [9.17, 15) is 0 Å². The molecule has 0 bridgehead atoms. The molecule has 0 radical (unpaired) electrons. The normalized spacial score (nSPS) is 11.4. The first kappa shape index (κ1) is 15.3. The van der Waals surface area contributed by atoms with Crippen LogP contribution in [0.5, 0.6) is 5.75 Å². The second-order valence-electron chi connectivity index (χ2n) is 4.38. The molecule has 0 spiro atoms. The maximum Gasteiger partial charge on any atom is 0.191 e. The summed E-state index contributed by atoms with van der Waals surface area (Å²) >= 11 is 0. The minimum absolute atomic E-state index is 0.626. The molecule has 0 fully saturated rings. The van der Waals surface area contributed by atoms with Crippen molar-refractivity contribution >= 4 is 5.96 Å². The van der Waals surface area contributed by atoms with Crippen molar-refractivity contribution in [3.8, 4) is 5.75 Å². The zero-order valence-electron chi connectivity index (χ0n) is 12.2. The molecule has 1 rings (SSSR count). The fourth-order valence-electron chi connectivity index (χ4n) is 1.81. The predicted molar refractivity (Wildman–Crippen MR) is 80.7 cm³/mol. The van der Waals surface area contributed by atoms with Crippen molar-refractivity contribution in [1.82, 2.24) is 4.90 Å². The Balaban J connectivity index is 2.28. The molecule has 0 aliphatic rings. The van der Waals surface area contributed by atoms with E-state index in [1.165, 1.54) is 0 Å². The lowest BCUT2D eigenvalue weighted by atomic mass is 10.2. The lowest BCUT2D eigenvalue weighted by Gasteiger charge is -2.19. The smallest absolute Gasteiger partial charge is 0.191 e. The molecule has 19 heavy (non-hydrogen) atoms. The molecule has 0 saturated carbocycles. The van der Waals surface area contributed by atoms with Gasteiger partial charge in [-0.25, -0.2) is 0 Å². The highest BCUT2D eigenvalue weighted by Crippen LogP contribution is 2.16. The third kappa shape index (κ3) is 5.20. The number of benzene rings is 1. The van der Waals surface area contributed by atoms with Crippen LogP contribution in [0.25, 0.3) is 0 Å². The van der Waals surface area contributed by atoms with Crippen LogP contribution in [0, 0.1) is 6.92 Å². The van der Waals surface area contributed by atoms with Crippen molar-refractivity contribution in [2.75, 3.05) is 26.2 Å². The van der Waals surface area contributed by atoms with Gasteiger partial charge in [0.05, 0.1) is 6.61 Å². The topological polar surface area (TPSA) is 50.8 Å². The van der Waals surface area contributed by atoms with Gasteiger partial charge in [0.2, 0.25) is 0 Å². The van der Waals surface area contributed by atoms with Gasteiger partial charge in [-0.3, -0.25) is 4.99 Å². The molecular formula is C15H25N3O. The Hall–Kier alpha value is -1.71. The van der Waals surface area contributed by atoms with Crippen molar-refractivity contribution in [2.24, 2.45) is 10.7 Å². The average molecular weight is 263 g/mol. The van der Waals surface area contributed by atoms with Gasteiger partial charge in [-0.15, -0.1) is 0 Å². The van der Waals surface area contributed by atoms with Crippen LogP contribution in [0.15, 0.2) is 29.3 Å². The van der Waals surface area contributed by atoms with E-state index < -0.39 is 0 Å². The summed E-state index contributed by atoms with van der Waals surface area (Å²) in [5.41, 5.74) is 7.05.